The van der Waals surface area contributed by atoms with E-state index in [0.717, 1.165) is 31.2 Å². The standard InChI is InChI=1S/C14H28N2O/c1-10(2)12-5-7-13(8-6-12)16-14(17)11(3)9-15-4/h10-13,15H,5-9H2,1-4H3,(H,16,17)/t11-,12?,13?/m0/s1. The zero-order valence-corrected chi connectivity index (χ0v) is 11.8. The Balaban J connectivity index is 2.28. The van der Waals surface area contributed by atoms with Gasteiger partial charge in [0.25, 0.3) is 0 Å². The fourth-order valence-corrected chi connectivity index (χ4v) is 2.67. The molecule has 0 bridgehead atoms. The van der Waals surface area contributed by atoms with E-state index >= 15 is 0 Å². The van der Waals surface area contributed by atoms with Crippen molar-refractivity contribution >= 4 is 5.91 Å². The Hall–Kier alpha value is -0.570. The first-order valence-corrected chi connectivity index (χ1v) is 6.99. The van der Waals surface area contributed by atoms with Crippen molar-refractivity contribution in [3.63, 3.8) is 0 Å². The number of carbonyl (C=O) groups excluding carboxylic acids is 1. The quantitative estimate of drug-likeness (QED) is 0.773. The van der Waals surface area contributed by atoms with E-state index in [1.165, 1.54) is 12.8 Å². The van der Waals surface area contributed by atoms with E-state index < -0.39 is 0 Å². The van der Waals surface area contributed by atoms with Crippen molar-refractivity contribution in [2.24, 2.45) is 17.8 Å². The highest BCUT2D eigenvalue weighted by Gasteiger charge is 2.25. The third kappa shape index (κ3) is 4.66. The minimum Gasteiger partial charge on any atom is -0.353 e. The van der Waals surface area contributed by atoms with Crippen LogP contribution in [0.1, 0.15) is 46.5 Å². The van der Waals surface area contributed by atoms with Gasteiger partial charge in [0.2, 0.25) is 5.91 Å². The van der Waals surface area contributed by atoms with Crippen LogP contribution in [-0.2, 0) is 4.79 Å². The molecule has 0 saturated heterocycles. The summed E-state index contributed by atoms with van der Waals surface area (Å²) >= 11 is 0. The Kier molecular flexibility index (Phi) is 5.96. The van der Waals surface area contributed by atoms with Gasteiger partial charge < -0.3 is 10.6 Å². The first kappa shape index (κ1) is 14.5. The molecule has 0 radical (unpaired) electrons. The SMILES string of the molecule is CNC[C@H](C)C(=O)NC1CCC(C(C)C)CC1. The summed E-state index contributed by atoms with van der Waals surface area (Å²) in [7, 11) is 1.89. The summed E-state index contributed by atoms with van der Waals surface area (Å²) in [5.74, 6) is 1.92. The second kappa shape index (κ2) is 7.00. The summed E-state index contributed by atoms with van der Waals surface area (Å²) in [6.45, 7) is 7.34. The number of carbonyl (C=O) groups is 1. The van der Waals surface area contributed by atoms with Gasteiger partial charge in [0.1, 0.15) is 0 Å². The molecule has 3 nitrogen and oxygen atoms in total. The predicted octanol–water partition coefficient (Wildman–Crippen LogP) is 2.17. The van der Waals surface area contributed by atoms with Gasteiger partial charge >= 0.3 is 0 Å². The van der Waals surface area contributed by atoms with E-state index in [0.29, 0.717) is 6.04 Å². The fourth-order valence-electron chi connectivity index (χ4n) is 2.67. The normalized spacial score (nSPS) is 26.9. The fraction of sp³-hybridized carbons (Fsp3) is 0.929. The van der Waals surface area contributed by atoms with Crippen molar-refractivity contribution in [3.05, 3.63) is 0 Å². The molecule has 0 aromatic rings. The maximum atomic E-state index is 11.9. The lowest BCUT2D eigenvalue weighted by Crippen LogP contribution is -2.42. The summed E-state index contributed by atoms with van der Waals surface area (Å²) in [4.78, 5) is 11.9. The van der Waals surface area contributed by atoms with Crippen LogP contribution < -0.4 is 10.6 Å². The zero-order chi connectivity index (χ0) is 12.8. The summed E-state index contributed by atoms with van der Waals surface area (Å²) in [5.41, 5.74) is 0. The third-order valence-corrected chi connectivity index (χ3v) is 4.02. The molecule has 1 atom stereocenters. The van der Waals surface area contributed by atoms with Gasteiger partial charge in [0.05, 0.1) is 0 Å². The van der Waals surface area contributed by atoms with Crippen LogP contribution in [0.4, 0.5) is 0 Å². The van der Waals surface area contributed by atoms with Crippen LogP contribution in [0.25, 0.3) is 0 Å². The largest absolute Gasteiger partial charge is 0.353 e. The Labute approximate surface area is 106 Å². The van der Waals surface area contributed by atoms with Gasteiger partial charge in [-0.25, -0.2) is 0 Å². The highest BCUT2D eigenvalue weighted by atomic mass is 16.1. The van der Waals surface area contributed by atoms with Crippen LogP contribution in [0.5, 0.6) is 0 Å². The van der Waals surface area contributed by atoms with E-state index in [4.69, 9.17) is 0 Å². The van der Waals surface area contributed by atoms with Crippen molar-refractivity contribution in [2.45, 2.75) is 52.5 Å². The smallest absolute Gasteiger partial charge is 0.224 e. The number of nitrogens with one attached hydrogen (secondary N) is 2. The number of hydrogen-bond donors (Lipinski definition) is 2. The van der Waals surface area contributed by atoms with Gasteiger partial charge in [-0.3, -0.25) is 4.79 Å². The molecular weight excluding hydrogens is 212 g/mol. The highest BCUT2D eigenvalue weighted by Crippen LogP contribution is 2.29. The topological polar surface area (TPSA) is 41.1 Å². The molecule has 0 aromatic heterocycles. The minimum absolute atomic E-state index is 0.0721. The molecule has 1 aliphatic rings. The van der Waals surface area contributed by atoms with Gasteiger partial charge in [-0.1, -0.05) is 20.8 Å². The molecule has 1 aliphatic carbocycles. The van der Waals surface area contributed by atoms with Crippen LogP contribution in [0.2, 0.25) is 0 Å². The average Bonchev–Trinajstić information content (AvgIpc) is 2.30. The van der Waals surface area contributed by atoms with Crippen LogP contribution in [0, 0.1) is 17.8 Å². The second-order valence-electron chi connectivity index (χ2n) is 5.82. The second-order valence-corrected chi connectivity index (χ2v) is 5.82. The minimum atomic E-state index is 0.0721. The molecule has 0 aliphatic heterocycles. The molecule has 100 valence electrons. The monoisotopic (exact) mass is 240 g/mol. The van der Waals surface area contributed by atoms with E-state index in [2.05, 4.69) is 24.5 Å². The molecule has 2 N–H and O–H groups in total. The van der Waals surface area contributed by atoms with Gasteiger partial charge in [0, 0.05) is 18.5 Å². The number of hydrogen-bond acceptors (Lipinski definition) is 2. The summed E-state index contributed by atoms with van der Waals surface area (Å²) in [6.07, 6.45) is 4.84. The molecule has 0 heterocycles. The molecule has 1 amide bonds. The molecule has 0 aromatic carbocycles. The van der Waals surface area contributed by atoms with Crippen LogP contribution in [0.15, 0.2) is 0 Å². The molecular formula is C14H28N2O. The first-order chi connectivity index (χ1) is 8.04. The Bertz CT molecular complexity index is 232. The van der Waals surface area contributed by atoms with Crippen LogP contribution in [-0.4, -0.2) is 25.5 Å². The molecule has 17 heavy (non-hydrogen) atoms. The third-order valence-electron chi connectivity index (χ3n) is 4.02. The van der Waals surface area contributed by atoms with Gasteiger partial charge in [-0.05, 0) is 44.6 Å². The van der Waals surface area contributed by atoms with Crippen LogP contribution >= 0.6 is 0 Å². The maximum Gasteiger partial charge on any atom is 0.224 e. The van der Waals surface area contributed by atoms with E-state index in [9.17, 15) is 4.79 Å². The van der Waals surface area contributed by atoms with E-state index in [-0.39, 0.29) is 11.8 Å². The number of rotatable bonds is 5. The Morgan fingerprint density at radius 1 is 1.18 bits per heavy atom. The van der Waals surface area contributed by atoms with E-state index in [1.807, 2.05) is 14.0 Å². The Morgan fingerprint density at radius 2 is 1.76 bits per heavy atom. The maximum absolute atomic E-state index is 11.9. The lowest BCUT2D eigenvalue weighted by atomic mass is 9.79. The lowest BCUT2D eigenvalue weighted by Gasteiger charge is -2.31. The molecule has 1 saturated carbocycles. The van der Waals surface area contributed by atoms with Crippen molar-refractivity contribution < 1.29 is 4.79 Å². The van der Waals surface area contributed by atoms with Crippen molar-refractivity contribution in [3.8, 4) is 0 Å². The summed E-state index contributed by atoms with van der Waals surface area (Å²) in [6, 6.07) is 0.414. The molecule has 0 spiro atoms. The summed E-state index contributed by atoms with van der Waals surface area (Å²) < 4.78 is 0. The zero-order valence-electron chi connectivity index (χ0n) is 11.8. The van der Waals surface area contributed by atoms with Crippen LogP contribution in [0.3, 0.4) is 0 Å². The Morgan fingerprint density at radius 3 is 2.24 bits per heavy atom. The lowest BCUT2D eigenvalue weighted by molar-refractivity contribution is -0.125. The van der Waals surface area contributed by atoms with E-state index in [1.54, 1.807) is 0 Å². The summed E-state index contributed by atoms with van der Waals surface area (Å²) in [5, 5.41) is 6.23. The van der Waals surface area contributed by atoms with Crippen molar-refractivity contribution in [1.82, 2.24) is 10.6 Å². The average molecular weight is 240 g/mol. The highest BCUT2D eigenvalue weighted by molar-refractivity contribution is 5.78. The van der Waals surface area contributed by atoms with Gasteiger partial charge in [-0.15, -0.1) is 0 Å². The van der Waals surface area contributed by atoms with Gasteiger partial charge in [-0.2, -0.15) is 0 Å². The number of amides is 1. The molecule has 3 heteroatoms. The van der Waals surface area contributed by atoms with Gasteiger partial charge in [0.15, 0.2) is 0 Å². The predicted molar refractivity (Wildman–Crippen MR) is 71.8 cm³/mol. The first-order valence-electron chi connectivity index (χ1n) is 6.99. The van der Waals surface area contributed by atoms with Crippen molar-refractivity contribution in [2.75, 3.05) is 13.6 Å². The molecule has 0 unspecified atom stereocenters. The molecule has 1 fully saturated rings. The molecule has 1 rings (SSSR count). The van der Waals surface area contributed by atoms with Crippen molar-refractivity contribution in [1.29, 1.82) is 0 Å².